The summed E-state index contributed by atoms with van der Waals surface area (Å²) in [5, 5.41) is 11.8. The number of hydrogen-bond acceptors (Lipinski definition) is 7. The number of nitrogens with one attached hydrogen (secondary N) is 1. The van der Waals surface area contributed by atoms with E-state index in [9.17, 15) is 17.8 Å². The molecule has 166 valence electrons. The molecule has 0 aliphatic carbocycles. The second-order valence-corrected chi connectivity index (χ2v) is 8.01. The Morgan fingerprint density at radius 2 is 2.06 bits per heavy atom. The summed E-state index contributed by atoms with van der Waals surface area (Å²) in [7, 11) is 0. The summed E-state index contributed by atoms with van der Waals surface area (Å²) in [6.45, 7) is -2.80. The predicted molar refractivity (Wildman–Crippen MR) is 115 cm³/mol. The van der Waals surface area contributed by atoms with Gasteiger partial charge in [-0.25, -0.2) is 9.19 Å². The van der Waals surface area contributed by atoms with Gasteiger partial charge in [-0.05, 0) is 42.0 Å². The average molecular weight is 479 g/mol. The van der Waals surface area contributed by atoms with Gasteiger partial charge in [-0.2, -0.15) is 14.0 Å². The smallest absolute Gasteiger partial charge is 0.387 e. The van der Waals surface area contributed by atoms with Crippen LogP contribution in [0.5, 0.6) is 5.75 Å². The first kappa shape index (κ1) is 23.3. The molecule has 1 atom stereocenters. The Morgan fingerprint density at radius 1 is 1.31 bits per heavy atom. The van der Waals surface area contributed by atoms with Gasteiger partial charge in [0, 0.05) is 12.2 Å². The lowest BCUT2D eigenvalue weighted by Gasteiger charge is -2.24. The molecule has 1 aromatic heterocycles. The van der Waals surface area contributed by atoms with Crippen LogP contribution in [-0.2, 0) is 17.6 Å². The van der Waals surface area contributed by atoms with Gasteiger partial charge in [0.2, 0.25) is 0 Å². The zero-order valence-electron chi connectivity index (χ0n) is 16.3. The fourth-order valence-corrected chi connectivity index (χ4v) is 3.86. The Kier molecular flexibility index (Phi) is 7.82. The molecule has 2 N–H and O–H groups in total. The van der Waals surface area contributed by atoms with Crippen LogP contribution in [0.2, 0.25) is 0 Å². The molecule has 8 nitrogen and oxygen atoms in total. The number of halogens is 2. The monoisotopic (exact) mass is 478 g/mol. The van der Waals surface area contributed by atoms with Crippen molar-refractivity contribution >= 4 is 39.0 Å². The van der Waals surface area contributed by atoms with Crippen molar-refractivity contribution in [3.8, 4) is 11.8 Å². The summed E-state index contributed by atoms with van der Waals surface area (Å²) in [4.78, 5) is 18.3. The summed E-state index contributed by atoms with van der Waals surface area (Å²) >= 11 is -1.06. The number of nitriles is 1. The lowest BCUT2D eigenvalue weighted by Crippen LogP contribution is -2.29. The molecule has 0 saturated carbocycles. The Balaban J connectivity index is 1.98. The summed E-state index contributed by atoms with van der Waals surface area (Å²) in [5.74, 6) is -1.11. The summed E-state index contributed by atoms with van der Waals surface area (Å²) in [6.07, 6.45) is 0. The number of carbonyl (C=O) groups excluding carboxylic acids is 1. The highest BCUT2D eigenvalue weighted by molar-refractivity contribution is 7.79. The van der Waals surface area contributed by atoms with Crippen LogP contribution < -0.4 is 15.0 Å². The van der Waals surface area contributed by atoms with Crippen LogP contribution in [0, 0.1) is 11.3 Å². The molecule has 12 heteroatoms. The van der Waals surface area contributed by atoms with Gasteiger partial charge in [0.05, 0.1) is 17.1 Å². The molecule has 1 unspecified atom stereocenters. The summed E-state index contributed by atoms with van der Waals surface area (Å²) < 4.78 is 49.5. The Morgan fingerprint density at radius 3 is 2.72 bits per heavy atom. The normalized spacial score (nSPS) is 11.6. The van der Waals surface area contributed by atoms with Gasteiger partial charge >= 0.3 is 6.61 Å². The Bertz CT molecular complexity index is 1150. The summed E-state index contributed by atoms with van der Waals surface area (Å²) in [5.41, 5.74) is 3.16. The van der Waals surface area contributed by atoms with E-state index >= 15 is 0 Å². The zero-order valence-corrected chi connectivity index (χ0v) is 17.9. The third kappa shape index (κ3) is 6.07. The number of rotatable bonds is 9. The largest absolute Gasteiger partial charge is 0.435 e. The van der Waals surface area contributed by atoms with Crippen LogP contribution in [-0.4, -0.2) is 32.1 Å². The molecule has 0 saturated heterocycles. The van der Waals surface area contributed by atoms with E-state index in [0.29, 0.717) is 21.8 Å². The zero-order chi connectivity index (χ0) is 23.1. The number of hydrogen-bond donors (Lipinski definition) is 2. The van der Waals surface area contributed by atoms with Crippen molar-refractivity contribution in [1.29, 1.82) is 5.26 Å². The third-order valence-corrected chi connectivity index (χ3v) is 5.38. The van der Waals surface area contributed by atoms with Gasteiger partial charge in [0.1, 0.15) is 16.6 Å². The van der Waals surface area contributed by atoms with E-state index in [1.54, 1.807) is 41.3 Å². The number of aromatic nitrogens is 1. The molecule has 3 rings (SSSR count). The highest BCUT2D eigenvalue weighted by Gasteiger charge is 2.22. The van der Waals surface area contributed by atoms with E-state index in [-0.39, 0.29) is 18.0 Å². The SMILES string of the molecule is N#Cc1ccc(N(Cc2cccc(OC(F)F)c2)c2scnc2C(=O)NCS(=O)O)cc1. The standard InChI is InChI=1S/C20H16F2N4O4S2/c21-20(22)30-16-3-1-2-14(8-16)10-26(15-6-4-13(9-23)5-7-15)19-17(24-11-31-19)18(27)25-12-32(28)29/h1-8,11,20H,10,12H2,(H,25,27)(H,28,29). The van der Waals surface area contributed by atoms with Crippen LogP contribution in [0.1, 0.15) is 21.6 Å². The average Bonchev–Trinajstić information content (AvgIpc) is 3.25. The molecule has 1 heterocycles. The number of thiazole rings is 1. The second kappa shape index (κ2) is 10.8. The van der Waals surface area contributed by atoms with Crippen molar-refractivity contribution in [2.45, 2.75) is 13.2 Å². The van der Waals surface area contributed by atoms with Crippen molar-refractivity contribution in [2.75, 3.05) is 10.8 Å². The molecule has 1 amide bonds. The minimum Gasteiger partial charge on any atom is -0.435 e. The number of amides is 1. The molecule has 0 aliphatic heterocycles. The minimum atomic E-state index is -2.96. The number of carbonyl (C=O) groups is 1. The number of nitrogens with zero attached hydrogens (tertiary/aromatic N) is 3. The molecule has 0 spiro atoms. The number of alkyl halides is 2. The quantitative estimate of drug-likeness (QED) is 0.449. The number of anilines is 2. The van der Waals surface area contributed by atoms with Crippen molar-refractivity contribution < 1.29 is 27.1 Å². The van der Waals surface area contributed by atoms with E-state index in [0.717, 1.165) is 11.3 Å². The second-order valence-electron chi connectivity index (χ2n) is 6.25. The van der Waals surface area contributed by atoms with Crippen LogP contribution in [0.15, 0.2) is 54.0 Å². The third-order valence-electron chi connectivity index (χ3n) is 4.14. The van der Waals surface area contributed by atoms with Crippen LogP contribution in [0.25, 0.3) is 0 Å². The van der Waals surface area contributed by atoms with Crippen LogP contribution in [0.4, 0.5) is 19.5 Å². The lowest BCUT2D eigenvalue weighted by atomic mass is 10.1. The van der Waals surface area contributed by atoms with Crippen molar-refractivity contribution in [2.24, 2.45) is 0 Å². The maximum atomic E-state index is 12.6. The van der Waals surface area contributed by atoms with Crippen LogP contribution >= 0.6 is 11.3 Å². The van der Waals surface area contributed by atoms with Gasteiger partial charge in [0.25, 0.3) is 5.91 Å². The topological polar surface area (TPSA) is 116 Å². The first-order valence-corrected chi connectivity index (χ1v) is 11.1. The van der Waals surface area contributed by atoms with E-state index in [1.807, 2.05) is 6.07 Å². The highest BCUT2D eigenvalue weighted by Crippen LogP contribution is 2.34. The van der Waals surface area contributed by atoms with Gasteiger partial charge in [-0.3, -0.25) is 4.79 Å². The van der Waals surface area contributed by atoms with E-state index < -0.39 is 29.5 Å². The number of ether oxygens (including phenoxy) is 1. The molecular weight excluding hydrogens is 462 g/mol. The van der Waals surface area contributed by atoms with Crippen molar-refractivity contribution in [3.05, 3.63) is 70.9 Å². The first-order chi connectivity index (χ1) is 15.4. The molecule has 0 bridgehead atoms. The van der Waals surface area contributed by atoms with Gasteiger partial charge < -0.3 is 19.5 Å². The number of benzene rings is 2. The fraction of sp³-hybridized carbons (Fsp3) is 0.150. The van der Waals surface area contributed by atoms with Crippen molar-refractivity contribution in [3.63, 3.8) is 0 Å². The molecule has 2 aromatic carbocycles. The highest BCUT2D eigenvalue weighted by atomic mass is 32.2. The van der Waals surface area contributed by atoms with Gasteiger partial charge in [-0.1, -0.05) is 12.1 Å². The Labute approximate surface area is 188 Å². The molecule has 0 aliphatic rings. The Hall–Kier alpha value is -3.40. The van der Waals surface area contributed by atoms with E-state index in [2.05, 4.69) is 15.0 Å². The van der Waals surface area contributed by atoms with Gasteiger partial charge in [-0.15, -0.1) is 11.3 Å². The molecule has 3 aromatic rings. The van der Waals surface area contributed by atoms with Crippen molar-refractivity contribution in [1.82, 2.24) is 10.3 Å². The maximum absolute atomic E-state index is 12.6. The first-order valence-electron chi connectivity index (χ1n) is 8.98. The molecule has 0 radical (unpaired) electrons. The maximum Gasteiger partial charge on any atom is 0.387 e. The van der Waals surface area contributed by atoms with E-state index in [1.165, 1.54) is 17.6 Å². The lowest BCUT2D eigenvalue weighted by molar-refractivity contribution is -0.0498. The van der Waals surface area contributed by atoms with Crippen LogP contribution in [0.3, 0.4) is 0 Å². The minimum absolute atomic E-state index is 0.00928. The molecule has 0 fully saturated rings. The molecular formula is C20H16F2N4O4S2. The summed E-state index contributed by atoms with van der Waals surface area (Å²) in [6, 6.07) is 14.7. The fourth-order valence-electron chi connectivity index (χ4n) is 2.80. The van der Waals surface area contributed by atoms with E-state index in [4.69, 9.17) is 9.81 Å². The molecule has 32 heavy (non-hydrogen) atoms. The van der Waals surface area contributed by atoms with Gasteiger partial charge in [0.15, 0.2) is 16.8 Å². The predicted octanol–water partition coefficient (Wildman–Crippen LogP) is 3.86.